The zero-order valence-corrected chi connectivity index (χ0v) is 15.9. The molecule has 7 nitrogen and oxygen atoms in total. The van der Waals surface area contributed by atoms with E-state index in [-0.39, 0.29) is 0 Å². The Morgan fingerprint density at radius 3 is 2.78 bits per heavy atom. The molecule has 2 N–H and O–H groups in total. The van der Waals surface area contributed by atoms with Gasteiger partial charge in [0.2, 0.25) is 5.13 Å². The van der Waals surface area contributed by atoms with Gasteiger partial charge >= 0.3 is 6.03 Å². The quantitative estimate of drug-likeness (QED) is 0.619. The minimum atomic E-state index is -0.415. The van der Waals surface area contributed by atoms with Crippen LogP contribution in [0.5, 0.6) is 11.5 Å². The number of carbonyl (C=O) groups is 1. The summed E-state index contributed by atoms with van der Waals surface area (Å²) in [6.45, 7) is 2.72. The second kappa shape index (κ2) is 9.00. The van der Waals surface area contributed by atoms with Gasteiger partial charge in [0.15, 0.2) is 0 Å². The van der Waals surface area contributed by atoms with E-state index in [2.05, 4.69) is 27.8 Å². The van der Waals surface area contributed by atoms with Crippen molar-refractivity contribution in [3.05, 3.63) is 48.5 Å². The first-order chi connectivity index (χ1) is 13.2. The van der Waals surface area contributed by atoms with Crippen molar-refractivity contribution in [3.8, 4) is 22.1 Å². The summed E-state index contributed by atoms with van der Waals surface area (Å²) >= 11 is 1.29. The predicted molar refractivity (Wildman–Crippen MR) is 107 cm³/mol. The number of rotatable bonds is 7. The molecule has 1 aromatic heterocycles. The van der Waals surface area contributed by atoms with Crippen molar-refractivity contribution in [2.75, 3.05) is 24.4 Å². The second-order valence-corrected chi connectivity index (χ2v) is 6.55. The molecule has 2 aromatic carbocycles. The lowest BCUT2D eigenvalue weighted by molar-refractivity contribution is 0.262. The van der Waals surface area contributed by atoms with Gasteiger partial charge in [-0.2, -0.15) is 0 Å². The Morgan fingerprint density at radius 2 is 1.96 bits per heavy atom. The summed E-state index contributed by atoms with van der Waals surface area (Å²) in [5, 5.41) is 14.7. The van der Waals surface area contributed by atoms with E-state index in [1.54, 1.807) is 19.2 Å². The highest BCUT2D eigenvalue weighted by Gasteiger charge is 2.12. The van der Waals surface area contributed by atoms with Gasteiger partial charge in [-0.3, -0.25) is 5.32 Å². The molecular formula is C19H20N4O3S. The summed E-state index contributed by atoms with van der Waals surface area (Å²) in [4.78, 5) is 12.2. The first kappa shape index (κ1) is 18.7. The summed E-state index contributed by atoms with van der Waals surface area (Å²) in [5.74, 6) is 1.36. The van der Waals surface area contributed by atoms with Crippen molar-refractivity contribution < 1.29 is 14.3 Å². The summed E-state index contributed by atoms with van der Waals surface area (Å²) in [5.41, 5.74) is 1.46. The fourth-order valence-electron chi connectivity index (χ4n) is 2.33. The molecule has 0 saturated heterocycles. The van der Waals surface area contributed by atoms with Crippen LogP contribution >= 0.6 is 11.3 Å². The minimum absolute atomic E-state index is 0.400. The van der Waals surface area contributed by atoms with Crippen LogP contribution < -0.4 is 20.1 Å². The van der Waals surface area contributed by atoms with E-state index < -0.39 is 6.03 Å². The van der Waals surface area contributed by atoms with Gasteiger partial charge in [-0.05, 0) is 30.7 Å². The van der Waals surface area contributed by atoms with Crippen LogP contribution in [0.4, 0.5) is 15.6 Å². The van der Waals surface area contributed by atoms with Crippen LogP contribution in [0.3, 0.4) is 0 Å². The van der Waals surface area contributed by atoms with E-state index in [1.807, 2.05) is 36.4 Å². The van der Waals surface area contributed by atoms with E-state index in [4.69, 9.17) is 9.47 Å². The molecule has 1 heterocycles. The first-order valence-corrected chi connectivity index (χ1v) is 9.29. The number of hydrogen-bond acceptors (Lipinski definition) is 6. The smallest absolute Gasteiger partial charge is 0.325 e. The fourth-order valence-corrected chi connectivity index (χ4v) is 3.06. The Hall–Kier alpha value is -3.13. The molecule has 8 heteroatoms. The first-order valence-electron chi connectivity index (χ1n) is 8.47. The number of carbonyl (C=O) groups excluding carboxylic acids is 1. The topological polar surface area (TPSA) is 85.4 Å². The van der Waals surface area contributed by atoms with Crippen LogP contribution in [0, 0.1) is 0 Å². The van der Waals surface area contributed by atoms with Crippen molar-refractivity contribution in [3.63, 3.8) is 0 Å². The number of nitrogens with one attached hydrogen (secondary N) is 2. The molecule has 0 unspecified atom stereocenters. The second-order valence-electron chi connectivity index (χ2n) is 5.57. The van der Waals surface area contributed by atoms with Gasteiger partial charge in [0.05, 0.1) is 19.4 Å². The summed E-state index contributed by atoms with van der Waals surface area (Å²) in [7, 11) is 1.55. The molecule has 0 saturated carbocycles. The fraction of sp³-hybridized carbons (Fsp3) is 0.211. The predicted octanol–water partition coefficient (Wildman–Crippen LogP) is 4.65. The number of hydrogen-bond donors (Lipinski definition) is 2. The highest BCUT2D eigenvalue weighted by atomic mass is 32.1. The van der Waals surface area contributed by atoms with Crippen LogP contribution in [0.25, 0.3) is 10.6 Å². The Labute approximate surface area is 161 Å². The van der Waals surface area contributed by atoms with Gasteiger partial charge in [-0.1, -0.05) is 42.5 Å². The van der Waals surface area contributed by atoms with Gasteiger partial charge in [-0.25, -0.2) is 4.79 Å². The average Bonchev–Trinajstić information content (AvgIpc) is 3.15. The lowest BCUT2D eigenvalue weighted by atomic mass is 10.2. The highest BCUT2D eigenvalue weighted by Crippen LogP contribution is 2.29. The molecular weight excluding hydrogens is 364 g/mol. The van der Waals surface area contributed by atoms with E-state index in [1.165, 1.54) is 11.3 Å². The van der Waals surface area contributed by atoms with Crippen molar-refractivity contribution in [1.82, 2.24) is 10.2 Å². The molecule has 0 spiro atoms. The molecule has 0 atom stereocenters. The molecule has 0 bridgehead atoms. The van der Waals surface area contributed by atoms with Crippen molar-refractivity contribution >= 4 is 28.2 Å². The van der Waals surface area contributed by atoms with Crippen LogP contribution in [-0.2, 0) is 0 Å². The van der Waals surface area contributed by atoms with Gasteiger partial charge in [-0.15, -0.1) is 10.2 Å². The SMILES string of the molecule is CCCOc1cccc(-c2nnc(NC(=O)Nc3ccccc3OC)s2)c1. The highest BCUT2D eigenvalue weighted by molar-refractivity contribution is 7.18. The normalized spacial score (nSPS) is 10.3. The maximum Gasteiger partial charge on any atom is 0.325 e. The zero-order chi connectivity index (χ0) is 19.1. The number of ether oxygens (including phenoxy) is 2. The van der Waals surface area contributed by atoms with Gasteiger partial charge in [0.25, 0.3) is 0 Å². The van der Waals surface area contributed by atoms with Crippen LogP contribution in [0.1, 0.15) is 13.3 Å². The molecule has 0 radical (unpaired) electrons. The molecule has 3 aromatic rings. The average molecular weight is 384 g/mol. The molecule has 0 aliphatic carbocycles. The molecule has 0 aliphatic rings. The lowest BCUT2D eigenvalue weighted by Crippen LogP contribution is -2.19. The van der Waals surface area contributed by atoms with E-state index in [0.29, 0.717) is 28.2 Å². The van der Waals surface area contributed by atoms with Crippen molar-refractivity contribution in [2.24, 2.45) is 0 Å². The van der Waals surface area contributed by atoms with Crippen LogP contribution in [0.15, 0.2) is 48.5 Å². The summed E-state index contributed by atoms with van der Waals surface area (Å²) in [6, 6.07) is 14.4. The van der Waals surface area contributed by atoms with Gasteiger partial charge < -0.3 is 14.8 Å². The number of methoxy groups -OCH3 is 1. The largest absolute Gasteiger partial charge is 0.495 e. The number of benzene rings is 2. The van der Waals surface area contributed by atoms with Gasteiger partial charge in [0.1, 0.15) is 16.5 Å². The maximum absolute atomic E-state index is 12.2. The maximum atomic E-state index is 12.2. The monoisotopic (exact) mass is 384 g/mol. The van der Waals surface area contributed by atoms with E-state index in [9.17, 15) is 4.79 Å². The number of anilines is 2. The van der Waals surface area contributed by atoms with Crippen molar-refractivity contribution in [2.45, 2.75) is 13.3 Å². The molecule has 0 aliphatic heterocycles. The standard InChI is InChI=1S/C19H20N4O3S/c1-3-11-26-14-8-6-7-13(12-14)17-22-23-19(27-17)21-18(24)20-15-9-4-5-10-16(15)25-2/h4-10,12H,3,11H2,1-2H3,(H2,20,21,23,24). The molecule has 27 heavy (non-hydrogen) atoms. The van der Waals surface area contributed by atoms with Crippen molar-refractivity contribution in [1.29, 1.82) is 0 Å². The Bertz CT molecular complexity index is 913. The number of aromatic nitrogens is 2. The Morgan fingerprint density at radius 1 is 1.11 bits per heavy atom. The molecule has 3 rings (SSSR count). The number of para-hydroxylation sites is 2. The third-order valence-electron chi connectivity index (χ3n) is 3.55. The number of nitrogens with zero attached hydrogens (tertiary/aromatic N) is 2. The number of urea groups is 1. The van der Waals surface area contributed by atoms with E-state index in [0.717, 1.165) is 17.7 Å². The summed E-state index contributed by atoms with van der Waals surface area (Å²) < 4.78 is 10.9. The lowest BCUT2D eigenvalue weighted by Gasteiger charge is -2.09. The third kappa shape index (κ3) is 4.95. The third-order valence-corrected chi connectivity index (χ3v) is 4.44. The molecule has 2 amide bonds. The molecule has 0 fully saturated rings. The summed E-state index contributed by atoms with van der Waals surface area (Å²) in [6.07, 6.45) is 0.943. The van der Waals surface area contributed by atoms with E-state index >= 15 is 0 Å². The van der Waals surface area contributed by atoms with Gasteiger partial charge in [0, 0.05) is 5.56 Å². The Balaban J connectivity index is 1.66. The zero-order valence-electron chi connectivity index (χ0n) is 15.1. The van der Waals surface area contributed by atoms with Crippen LogP contribution in [0.2, 0.25) is 0 Å². The Kier molecular flexibility index (Phi) is 6.22. The molecule has 140 valence electrons. The minimum Gasteiger partial charge on any atom is -0.495 e. The van der Waals surface area contributed by atoms with Crippen LogP contribution in [-0.4, -0.2) is 29.9 Å². The number of amides is 2.